The summed E-state index contributed by atoms with van der Waals surface area (Å²) >= 11 is 0. The summed E-state index contributed by atoms with van der Waals surface area (Å²) in [5.41, 5.74) is 5.69. The average Bonchev–Trinajstić information content (AvgIpc) is 2.17. The zero-order valence-electron chi connectivity index (χ0n) is 6.95. The minimum atomic E-state index is -0.397. The topological polar surface area (TPSA) is 43.1 Å². The third-order valence-electron chi connectivity index (χ3n) is 1.97. The van der Waals surface area contributed by atoms with Crippen LogP contribution in [-0.2, 0) is 0 Å². The predicted octanol–water partition coefficient (Wildman–Crippen LogP) is 1.74. The highest BCUT2D eigenvalue weighted by Crippen LogP contribution is 2.14. The van der Waals surface area contributed by atoms with Crippen molar-refractivity contribution in [1.29, 1.82) is 0 Å². The van der Waals surface area contributed by atoms with Crippen molar-refractivity contribution in [3.05, 3.63) is 48.0 Å². The fourth-order valence-corrected chi connectivity index (χ4v) is 1.28. The fraction of sp³-hybridized carbons (Fsp3) is 0. The molecule has 0 heterocycles. The molecular formula is C11H8NO. The lowest BCUT2D eigenvalue weighted by atomic mass is 10.1. The number of primary amides is 1. The number of amides is 1. The van der Waals surface area contributed by atoms with Gasteiger partial charge in [0.25, 0.3) is 0 Å². The number of nitrogens with two attached hydrogens (primary N) is 1. The van der Waals surface area contributed by atoms with Crippen molar-refractivity contribution in [3.8, 4) is 0 Å². The highest BCUT2D eigenvalue weighted by atomic mass is 16.1. The molecule has 0 aliphatic rings. The standard InChI is InChI=1S/C11H8NO/c12-11(13)10-6-5-8-3-1-2-4-9(8)7-10/h1,3-7H,(H2,12,13). The number of carbonyl (C=O) groups excluding carboxylic acids is 1. The van der Waals surface area contributed by atoms with Gasteiger partial charge >= 0.3 is 0 Å². The summed E-state index contributed by atoms with van der Waals surface area (Å²) in [6, 6.07) is 13.9. The van der Waals surface area contributed by atoms with Gasteiger partial charge in [0.15, 0.2) is 0 Å². The van der Waals surface area contributed by atoms with Crippen LogP contribution in [-0.4, -0.2) is 5.91 Å². The maximum absolute atomic E-state index is 10.9. The van der Waals surface area contributed by atoms with Gasteiger partial charge in [0, 0.05) is 5.56 Å². The maximum Gasteiger partial charge on any atom is 0.248 e. The Labute approximate surface area is 76.0 Å². The van der Waals surface area contributed by atoms with E-state index in [0.717, 1.165) is 10.8 Å². The Morgan fingerprint density at radius 2 is 2.08 bits per heavy atom. The molecule has 0 bridgehead atoms. The second-order valence-corrected chi connectivity index (χ2v) is 2.85. The number of carbonyl (C=O) groups is 1. The van der Waals surface area contributed by atoms with Crippen LogP contribution in [0.15, 0.2) is 36.4 Å². The molecular weight excluding hydrogens is 162 g/mol. The molecule has 0 aliphatic heterocycles. The van der Waals surface area contributed by atoms with Gasteiger partial charge in [0.1, 0.15) is 0 Å². The summed E-state index contributed by atoms with van der Waals surface area (Å²) in [6.07, 6.45) is 0. The summed E-state index contributed by atoms with van der Waals surface area (Å²) in [7, 11) is 0. The molecule has 0 unspecified atom stereocenters. The molecule has 0 fully saturated rings. The lowest BCUT2D eigenvalue weighted by molar-refractivity contribution is 0.100. The van der Waals surface area contributed by atoms with Crippen LogP contribution in [0.2, 0.25) is 0 Å². The highest BCUT2D eigenvalue weighted by Gasteiger charge is 1.99. The Kier molecular flexibility index (Phi) is 1.74. The van der Waals surface area contributed by atoms with E-state index in [4.69, 9.17) is 5.73 Å². The van der Waals surface area contributed by atoms with Crippen LogP contribution in [0.5, 0.6) is 0 Å². The normalized spacial score (nSPS) is 10.2. The van der Waals surface area contributed by atoms with Gasteiger partial charge < -0.3 is 5.73 Å². The lowest BCUT2D eigenvalue weighted by Gasteiger charge is -1.98. The molecule has 0 spiro atoms. The van der Waals surface area contributed by atoms with E-state index >= 15 is 0 Å². The van der Waals surface area contributed by atoms with Crippen molar-refractivity contribution in [1.82, 2.24) is 0 Å². The van der Waals surface area contributed by atoms with Crippen LogP contribution in [0.3, 0.4) is 0 Å². The Morgan fingerprint density at radius 3 is 2.85 bits per heavy atom. The predicted molar refractivity (Wildman–Crippen MR) is 51.3 cm³/mol. The minimum absolute atomic E-state index is 0.397. The van der Waals surface area contributed by atoms with Gasteiger partial charge in [0.05, 0.1) is 0 Å². The van der Waals surface area contributed by atoms with Crippen LogP contribution in [0.1, 0.15) is 10.4 Å². The molecule has 1 radical (unpaired) electrons. The third-order valence-corrected chi connectivity index (χ3v) is 1.97. The maximum atomic E-state index is 10.9. The highest BCUT2D eigenvalue weighted by molar-refractivity contribution is 5.97. The number of hydrogen-bond donors (Lipinski definition) is 1. The van der Waals surface area contributed by atoms with Crippen LogP contribution in [0.25, 0.3) is 10.8 Å². The van der Waals surface area contributed by atoms with E-state index in [-0.39, 0.29) is 0 Å². The number of fused-ring (bicyclic) bond motifs is 1. The second-order valence-electron chi connectivity index (χ2n) is 2.85. The number of hydrogen-bond acceptors (Lipinski definition) is 1. The molecule has 1 amide bonds. The van der Waals surface area contributed by atoms with Gasteiger partial charge in [-0.05, 0) is 35.0 Å². The first-order chi connectivity index (χ1) is 6.27. The zero-order valence-corrected chi connectivity index (χ0v) is 6.95. The van der Waals surface area contributed by atoms with Gasteiger partial charge in [0.2, 0.25) is 5.91 Å². The molecule has 2 heteroatoms. The Balaban J connectivity index is 2.69. The van der Waals surface area contributed by atoms with Crippen LogP contribution >= 0.6 is 0 Å². The van der Waals surface area contributed by atoms with Gasteiger partial charge in [-0.3, -0.25) is 4.79 Å². The van der Waals surface area contributed by atoms with Crippen molar-refractivity contribution in [2.45, 2.75) is 0 Å². The summed E-state index contributed by atoms with van der Waals surface area (Å²) < 4.78 is 0. The third kappa shape index (κ3) is 1.38. The van der Waals surface area contributed by atoms with E-state index in [9.17, 15) is 4.79 Å². The van der Waals surface area contributed by atoms with Crippen molar-refractivity contribution in [2.24, 2.45) is 5.73 Å². The van der Waals surface area contributed by atoms with E-state index in [0.29, 0.717) is 5.56 Å². The first-order valence-corrected chi connectivity index (χ1v) is 3.97. The fourth-order valence-electron chi connectivity index (χ4n) is 1.28. The molecule has 0 aliphatic carbocycles. The van der Waals surface area contributed by atoms with Gasteiger partial charge in [-0.2, -0.15) is 0 Å². The van der Waals surface area contributed by atoms with Crippen molar-refractivity contribution in [2.75, 3.05) is 0 Å². The van der Waals surface area contributed by atoms with E-state index in [1.54, 1.807) is 12.1 Å². The molecule has 63 valence electrons. The molecule has 0 aromatic heterocycles. The van der Waals surface area contributed by atoms with E-state index in [2.05, 4.69) is 6.07 Å². The summed E-state index contributed by atoms with van der Waals surface area (Å²) in [6.45, 7) is 0. The van der Waals surface area contributed by atoms with Crippen LogP contribution in [0, 0.1) is 6.07 Å². The Bertz CT molecular complexity index is 462. The zero-order chi connectivity index (χ0) is 9.26. The molecule has 2 aromatic rings. The van der Waals surface area contributed by atoms with Crippen LogP contribution < -0.4 is 5.73 Å². The minimum Gasteiger partial charge on any atom is -0.366 e. The van der Waals surface area contributed by atoms with E-state index < -0.39 is 5.91 Å². The average molecular weight is 170 g/mol. The first kappa shape index (κ1) is 7.80. The molecule has 2 N–H and O–H groups in total. The number of benzene rings is 2. The summed E-state index contributed by atoms with van der Waals surface area (Å²) in [5, 5.41) is 2.07. The van der Waals surface area contributed by atoms with Crippen LogP contribution in [0.4, 0.5) is 0 Å². The molecule has 2 rings (SSSR count). The Morgan fingerprint density at radius 1 is 1.23 bits per heavy atom. The molecule has 0 saturated carbocycles. The van der Waals surface area contributed by atoms with Gasteiger partial charge in [-0.1, -0.05) is 18.2 Å². The molecule has 13 heavy (non-hydrogen) atoms. The lowest BCUT2D eigenvalue weighted by Crippen LogP contribution is -2.10. The van der Waals surface area contributed by atoms with Gasteiger partial charge in [-0.15, -0.1) is 0 Å². The molecule has 0 saturated heterocycles. The van der Waals surface area contributed by atoms with Crippen molar-refractivity contribution >= 4 is 16.7 Å². The Hall–Kier alpha value is -1.83. The summed E-state index contributed by atoms with van der Waals surface area (Å²) in [4.78, 5) is 10.9. The SMILES string of the molecule is NC(=O)c1ccc2cc[c]cc2c1. The monoisotopic (exact) mass is 170 g/mol. The van der Waals surface area contributed by atoms with Crippen molar-refractivity contribution in [3.63, 3.8) is 0 Å². The largest absolute Gasteiger partial charge is 0.366 e. The summed E-state index contributed by atoms with van der Waals surface area (Å²) in [5.74, 6) is -0.397. The quantitative estimate of drug-likeness (QED) is 0.696. The van der Waals surface area contributed by atoms with E-state index in [1.807, 2.05) is 24.3 Å². The first-order valence-electron chi connectivity index (χ1n) is 3.97. The smallest absolute Gasteiger partial charge is 0.248 e. The molecule has 2 aromatic carbocycles. The number of rotatable bonds is 1. The van der Waals surface area contributed by atoms with Gasteiger partial charge in [-0.25, -0.2) is 0 Å². The molecule has 0 atom stereocenters. The van der Waals surface area contributed by atoms with E-state index in [1.165, 1.54) is 0 Å². The van der Waals surface area contributed by atoms with Crippen molar-refractivity contribution < 1.29 is 4.79 Å². The molecule has 2 nitrogen and oxygen atoms in total. The second kappa shape index (κ2) is 2.90.